The Hall–Kier alpha value is -2.51. The summed E-state index contributed by atoms with van der Waals surface area (Å²) in [6.07, 6.45) is 0. The Labute approximate surface area is 140 Å². The Morgan fingerprint density at radius 2 is 1.58 bits per heavy atom. The van der Waals surface area contributed by atoms with Crippen LogP contribution < -0.4 is 4.72 Å². The zero-order chi connectivity index (χ0) is 17.7. The molecule has 0 aliphatic carbocycles. The first-order chi connectivity index (χ1) is 11.3. The molecule has 0 aliphatic rings. The lowest BCUT2D eigenvalue weighted by Crippen LogP contribution is -2.47. The van der Waals surface area contributed by atoms with Gasteiger partial charge in [-0.15, -0.1) is 0 Å². The second-order valence-corrected chi connectivity index (χ2v) is 6.83. The normalized spacial score (nSPS) is 12.4. The predicted octanol–water partition coefficient (Wildman–Crippen LogP) is 1.70. The van der Waals surface area contributed by atoms with E-state index in [1.165, 1.54) is 24.3 Å². The van der Waals surface area contributed by atoms with E-state index in [4.69, 9.17) is 0 Å². The zero-order valence-corrected chi connectivity index (χ0v) is 14.0. The maximum absolute atomic E-state index is 12.5. The molecule has 0 aliphatic heterocycles. The molecule has 0 aromatic heterocycles. The van der Waals surface area contributed by atoms with Crippen molar-refractivity contribution in [1.29, 1.82) is 0 Å². The first kappa shape index (κ1) is 17.8. The van der Waals surface area contributed by atoms with Crippen molar-refractivity contribution in [2.75, 3.05) is 7.11 Å². The number of hydrogen-bond acceptors (Lipinski definition) is 5. The van der Waals surface area contributed by atoms with E-state index < -0.39 is 27.8 Å². The molecule has 0 bridgehead atoms. The predicted molar refractivity (Wildman–Crippen MR) is 88.1 cm³/mol. The van der Waals surface area contributed by atoms with Crippen LogP contribution in [0.15, 0.2) is 59.5 Å². The van der Waals surface area contributed by atoms with Gasteiger partial charge in [-0.05, 0) is 19.1 Å². The Bertz CT molecular complexity index is 829. The molecular formula is C17H17NO5S. The molecule has 0 amide bonds. The summed E-state index contributed by atoms with van der Waals surface area (Å²) >= 11 is 0. The van der Waals surface area contributed by atoms with E-state index in [-0.39, 0.29) is 10.5 Å². The molecule has 1 N–H and O–H groups in total. The minimum atomic E-state index is -4.06. The van der Waals surface area contributed by atoms with Gasteiger partial charge < -0.3 is 4.74 Å². The quantitative estimate of drug-likeness (QED) is 0.488. The Kier molecular flexibility index (Phi) is 5.48. The van der Waals surface area contributed by atoms with Crippen LogP contribution in [0.25, 0.3) is 0 Å². The molecular weight excluding hydrogens is 330 g/mol. The number of Topliss-reactive ketones (excluding diaryl/α,β-unsaturated/α-hetero) is 1. The molecule has 0 heterocycles. The summed E-state index contributed by atoms with van der Waals surface area (Å²) in [5.74, 6) is -1.65. The van der Waals surface area contributed by atoms with Crippen LogP contribution in [0, 0.1) is 6.92 Å². The number of ether oxygens (including phenoxy) is 1. The van der Waals surface area contributed by atoms with Gasteiger partial charge in [-0.2, -0.15) is 4.72 Å². The van der Waals surface area contributed by atoms with Crippen molar-refractivity contribution >= 4 is 21.8 Å². The number of carbonyl (C=O) groups excluding carboxylic acids is 2. The molecule has 2 rings (SSSR count). The van der Waals surface area contributed by atoms with Gasteiger partial charge in [0.25, 0.3) is 0 Å². The lowest BCUT2D eigenvalue weighted by atomic mass is 10.1. The van der Waals surface area contributed by atoms with Crippen LogP contribution >= 0.6 is 0 Å². The van der Waals surface area contributed by atoms with Crippen molar-refractivity contribution in [3.8, 4) is 0 Å². The average molecular weight is 347 g/mol. The van der Waals surface area contributed by atoms with E-state index in [0.29, 0.717) is 0 Å². The number of methoxy groups -OCH3 is 1. The monoisotopic (exact) mass is 347 g/mol. The summed E-state index contributed by atoms with van der Waals surface area (Å²) in [4.78, 5) is 24.4. The summed E-state index contributed by atoms with van der Waals surface area (Å²) in [7, 11) is -2.96. The first-order valence-corrected chi connectivity index (χ1v) is 8.59. The number of nitrogens with one attached hydrogen (secondary N) is 1. The molecule has 0 fully saturated rings. The molecule has 6 nitrogen and oxygen atoms in total. The molecule has 1 atom stereocenters. The van der Waals surface area contributed by atoms with Crippen molar-refractivity contribution in [3.63, 3.8) is 0 Å². The average Bonchev–Trinajstić information content (AvgIpc) is 2.59. The van der Waals surface area contributed by atoms with E-state index in [9.17, 15) is 18.0 Å². The third kappa shape index (κ3) is 4.06. The van der Waals surface area contributed by atoms with Gasteiger partial charge in [-0.1, -0.05) is 48.0 Å². The van der Waals surface area contributed by atoms with E-state index in [1.807, 2.05) is 6.92 Å². The molecule has 0 radical (unpaired) electrons. The van der Waals surface area contributed by atoms with E-state index in [2.05, 4.69) is 9.46 Å². The highest BCUT2D eigenvalue weighted by Crippen LogP contribution is 2.13. The van der Waals surface area contributed by atoms with Crippen LogP contribution in [0.2, 0.25) is 0 Å². The molecule has 0 saturated carbocycles. The van der Waals surface area contributed by atoms with Crippen LogP contribution in [0.1, 0.15) is 15.9 Å². The van der Waals surface area contributed by atoms with Crippen molar-refractivity contribution in [1.82, 2.24) is 4.72 Å². The SMILES string of the molecule is COC(=O)C(NS(=O)(=O)c1ccc(C)cc1)C(=O)c1ccccc1. The highest BCUT2D eigenvalue weighted by molar-refractivity contribution is 7.89. The molecule has 24 heavy (non-hydrogen) atoms. The molecule has 2 aromatic rings. The molecule has 1 unspecified atom stereocenters. The summed E-state index contributed by atoms with van der Waals surface area (Å²) in [5, 5.41) is 0. The fraction of sp³-hybridized carbons (Fsp3) is 0.176. The Balaban J connectivity index is 2.34. The van der Waals surface area contributed by atoms with Crippen LogP contribution in [0.4, 0.5) is 0 Å². The van der Waals surface area contributed by atoms with Gasteiger partial charge in [0, 0.05) is 5.56 Å². The maximum Gasteiger partial charge on any atom is 0.332 e. The van der Waals surface area contributed by atoms with Crippen LogP contribution in [0.5, 0.6) is 0 Å². The second kappa shape index (κ2) is 7.37. The van der Waals surface area contributed by atoms with Crippen molar-refractivity contribution in [2.45, 2.75) is 17.9 Å². The number of carbonyl (C=O) groups is 2. The summed E-state index contributed by atoms with van der Waals surface area (Å²) in [5.41, 5.74) is 1.10. The van der Waals surface area contributed by atoms with Gasteiger partial charge >= 0.3 is 5.97 Å². The number of esters is 1. The maximum atomic E-state index is 12.5. The zero-order valence-electron chi connectivity index (χ0n) is 13.2. The summed E-state index contributed by atoms with van der Waals surface area (Å²) in [6.45, 7) is 1.82. The fourth-order valence-corrected chi connectivity index (χ4v) is 3.18. The van der Waals surface area contributed by atoms with Gasteiger partial charge in [0.15, 0.2) is 11.8 Å². The first-order valence-electron chi connectivity index (χ1n) is 7.11. The number of sulfonamides is 1. The Morgan fingerprint density at radius 3 is 2.12 bits per heavy atom. The standard InChI is InChI=1S/C17H17NO5S/c1-12-8-10-14(11-9-12)24(21,22)18-15(17(20)23-2)16(19)13-6-4-3-5-7-13/h3-11,15,18H,1-2H3. The van der Waals surface area contributed by atoms with E-state index >= 15 is 0 Å². The highest BCUT2D eigenvalue weighted by atomic mass is 32.2. The van der Waals surface area contributed by atoms with Crippen LogP contribution in [0.3, 0.4) is 0 Å². The van der Waals surface area contributed by atoms with Crippen molar-refractivity contribution in [2.24, 2.45) is 0 Å². The molecule has 2 aromatic carbocycles. The van der Waals surface area contributed by atoms with Gasteiger partial charge in [-0.25, -0.2) is 13.2 Å². The fourth-order valence-electron chi connectivity index (χ4n) is 2.04. The van der Waals surface area contributed by atoms with E-state index in [0.717, 1.165) is 12.7 Å². The third-order valence-corrected chi connectivity index (χ3v) is 4.80. The molecule has 126 valence electrons. The number of aryl methyl sites for hydroxylation is 1. The number of benzene rings is 2. The highest BCUT2D eigenvalue weighted by Gasteiger charge is 2.33. The van der Waals surface area contributed by atoms with Gasteiger partial charge in [0.05, 0.1) is 12.0 Å². The van der Waals surface area contributed by atoms with E-state index in [1.54, 1.807) is 30.3 Å². The molecule has 7 heteroatoms. The summed E-state index contributed by atoms with van der Waals surface area (Å²) < 4.78 is 31.6. The smallest absolute Gasteiger partial charge is 0.332 e. The minimum Gasteiger partial charge on any atom is -0.467 e. The van der Waals surface area contributed by atoms with Gasteiger partial charge in [0.2, 0.25) is 10.0 Å². The lowest BCUT2D eigenvalue weighted by molar-refractivity contribution is -0.141. The van der Waals surface area contributed by atoms with Crippen LogP contribution in [-0.4, -0.2) is 33.3 Å². The van der Waals surface area contributed by atoms with Gasteiger partial charge in [-0.3, -0.25) is 4.79 Å². The topological polar surface area (TPSA) is 89.5 Å². The lowest BCUT2D eigenvalue weighted by Gasteiger charge is -2.16. The van der Waals surface area contributed by atoms with Gasteiger partial charge in [0.1, 0.15) is 0 Å². The molecule has 0 spiro atoms. The molecule has 0 saturated heterocycles. The Morgan fingerprint density at radius 1 is 1.00 bits per heavy atom. The van der Waals surface area contributed by atoms with Crippen molar-refractivity contribution in [3.05, 3.63) is 65.7 Å². The minimum absolute atomic E-state index is 0.0390. The number of ketones is 1. The van der Waals surface area contributed by atoms with Crippen LogP contribution in [-0.2, 0) is 19.6 Å². The van der Waals surface area contributed by atoms with Crippen molar-refractivity contribution < 1.29 is 22.7 Å². The second-order valence-electron chi connectivity index (χ2n) is 5.12. The summed E-state index contributed by atoms with van der Waals surface area (Å²) in [6, 6.07) is 12.4. The number of hydrogen-bond donors (Lipinski definition) is 1. The third-order valence-electron chi connectivity index (χ3n) is 3.36. The largest absolute Gasteiger partial charge is 0.467 e. The number of rotatable bonds is 6.